The second-order valence-corrected chi connectivity index (χ2v) is 5.80. The van der Waals surface area contributed by atoms with Gasteiger partial charge in [0.25, 0.3) is 0 Å². The van der Waals surface area contributed by atoms with Crippen molar-refractivity contribution in [2.45, 2.75) is 32.4 Å². The first-order chi connectivity index (χ1) is 10.8. The molecule has 22 heavy (non-hydrogen) atoms. The number of amides is 1. The lowest BCUT2D eigenvalue weighted by atomic mass is 10.1. The van der Waals surface area contributed by atoms with Crippen LogP contribution in [-0.2, 0) is 24.2 Å². The zero-order chi connectivity index (χ0) is 15.1. The third kappa shape index (κ3) is 2.01. The van der Waals surface area contributed by atoms with Crippen LogP contribution in [0, 0.1) is 0 Å². The fraction of sp³-hybridized carbons (Fsp3) is 0.353. The first-order valence-electron chi connectivity index (χ1n) is 7.73. The predicted molar refractivity (Wildman–Crippen MR) is 83.5 cm³/mol. The van der Waals surface area contributed by atoms with Crippen LogP contribution in [0.2, 0.25) is 0 Å². The third-order valence-electron chi connectivity index (χ3n) is 4.57. The van der Waals surface area contributed by atoms with E-state index in [1.54, 1.807) is 6.20 Å². The fourth-order valence-electron chi connectivity index (χ4n) is 3.34. The Kier molecular flexibility index (Phi) is 3.15. The van der Waals surface area contributed by atoms with Crippen LogP contribution in [0.5, 0.6) is 0 Å². The lowest BCUT2D eigenvalue weighted by molar-refractivity contribution is -0.120. The minimum Gasteiger partial charge on any atom is -0.310 e. The molecule has 1 amide bonds. The second kappa shape index (κ2) is 5.18. The number of carbonyl (C=O) groups is 1. The van der Waals surface area contributed by atoms with E-state index in [9.17, 15) is 4.79 Å². The van der Waals surface area contributed by atoms with E-state index in [0.717, 1.165) is 36.3 Å². The van der Waals surface area contributed by atoms with Crippen LogP contribution in [0.1, 0.15) is 35.3 Å². The van der Waals surface area contributed by atoms with Crippen molar-refractivity contribution < 1.29 is 4.79 Å². The van der Waals surface area contributed by atoms with Crippen LogP contribution in [0.3, 0.4) is 0 Å². The Morgan fingerprint density at radius 2 is 2.36 bits per heavy atom. The number of benzene rings is 1. The fourth-order valence-corrected chi connectivity index (χ4v) is 3.34. The summed E-state index contributed by atoms with van der Waals surface area (Å²) < 4.78 is 0. The maximum Gasteiger partial charge on any atom is 0.248 e. The molecule has 5 nitrogen and oxygen atoms in total. The zero-order valence-corrected chi connectivity index (χ0v) is 12.5. The smallest absolute Gasteiger partial charge is 0.248 e. The Morgan fingerprint density at radius 3 is 3.23 bits per heavy atom. The molecule has 4 rings (SSSR count). The average Bonchev–Trinajstić information content (AvgIpc) is 3.17. The number of aryl methyl sites for hydroxylation is 1. The van der Waals surface area contributed by atoms with Crippen molar-refractivity contribution in [3.8, 4) is 0 Å². The Labute approximate surface area is 129 Å². The molecule has 1 atom stereocenters. The van der Waals surface area contributed by atoms with E-state index in [2.05, 4.69) is 40.4 Å². The van der Waals surface area contributed by atoms with Crippen molar-refractivity contribution in [2.24, 2.45) is 0 Å². The number of hydrogen-bond acceptors (Lipinski definition) is 4. The molecule has 1 aromatic heterocycles. The molecule has 0 fully saturated rings. The van der Waals surface area contributed by atoms with Crippen molar-refractivity contribution in [3.63, 3.8) is 0 Å². The minimum absolute atomic E-state index is 0.0940. The molecule has 1 unspecified atom stereocenters. The van der Waals surface area contributed by atoms with E-state index in [0.29, 0.717) is 6.54 Å². The highest BCUT2D eigenvalue weighted by atomic mass is 16.2. The number of nitrogens with zero attached hydrogens (tertiary/aromatic N) is 3. The first-order valence-corrected chi connectivity index (χ1v) is 7.73. The summed E-state index contributed by atoms with van der Waals surface area (Å²) in [4.78, 5) is 23.1. The predicted octanol–water partition coefficient (Wildman–Crippen LogP) is 1.77. The molecule has 1 aromatic carbocycles. The molecule has 0 spiro atoms. The number of fused-ring (bicyclic) bond motifs is 2. The highest BCUT2D eigenvalue weighted by molar-refractivity contribution is 6.00. The number of aromatic nitrogens is 2. The van der Waals surface area contributed by atoms with Gasteiger partial charge < -0.3 is 4.90 Å². The zero-order valence-electron chi connectivity index (χ0n) is 12.5. The van der Waals surface area contributed by atoms with Crippen molar-refractivity contribution in [1.82, 2.24) is 15.3 Å². The molecule has 0 saturated heterocycles. The lowest BCUT2D eigenvalue weighted by Gasteiger charge is -2.22. The standard InChI is InChI=1S/C17H18N4O/c1-2-11-3-4-15-12(7-11)5-6-21(15)17(22)16-13-8-18-10-20-14(13)9-19-16/h3-4,7-8,10,16,19H,2,5-6,9H2,1H3. The van der Waals surface area contributed by atoms with Crippen LogP contribution >= 0.6 is 0 Å². The van der Waals surface area contributed by atoms with Gasteiger partial charge in [0.05, 0.1) is 5.69 Å². The lowest BCUT2D eigenvalue weighted by Crippen LogP contribution is -2.37. The Hall–Kier alpha value is -2.27. The third-order valence-corrected chi connectivity index (χ3v) is 4.57. The van der Waals surface area contributed by atoms with E-state index in [-0.39, 0.29) is 11.9 Å². The highest BCUT2D eigenvalue weighted by Gasteiger charge is 2.35. The molecule has 0 aliphatic carbocycles. The number of nitrogens with one attached hydrogen (secondary N) is 1. The normalized spacial score (nSPS) is 19.1. The number of carbonyl (C=O) groups excluding carboxylic acids is 1. The van der Waals surface area contributed by atoms with Gasteiger partial charge in [-0.1, -0.05) is 19.1 Å². The molecule has 0 radical (unpaired) electrons. The summed E-state index contributed by atoms with van der Waals surface area (Å²) in [6.07, 6.45) is 5.24. The average molecular weight is 294 g/mol. The van der Waals surface area contributed by atoms with Gasteiger partial charge >= 0.3 is 0 Å². The van der Waals surface area contributed by atoms with Crippen LogP contribution in [0.25, 0.3) is 0 Å². The van der Waals surface area contributed by atoms with Gasteiger partial charge in [-0.3, -0.25) is 10.1 Å². The molecular weight excluding hydrogens is 276 g/mol. The molecule has 1 N–H and O–H groups in total. The summed E-state index contributed by atoms with van der Waals surface area (Å²) in [5.74, 6) is 0.0940. The van der Waals surface area contributed by atoms with E-state index < -0.39 is 0 Å². The van der Waals surface area contributed by atoms with Crippen molar-refractivity contribution >= 4 is 11.6 Å². The Balaban J connectivity index is 1.64. The van der Waals surface area contributed by atoms with Gasteiger partial charge in [-0.2, -0.15) is 0 Å². The van der Waals surface area contributed by atoms with E-state index in [1.807, 2.05) is 4.90 Å². The van der Waals surface area contributed by atoms with E-state index in [1.165, 1.54) is 17.5 Å². The van der Waals surface area contributed by atoms with Gasteiger partial charge in [-0.15, -0.1) is 0 Å². The Bertz CT molecular complexity index is 743. The number of rotatable bonds is 2. The van der Waals surface area contributed by atoms with Crippen LogP contribution in [0.4, 0.5) is 5.69 Å². The molecule has 3 heterocycles. The molecule has 5 heteroatoms. The SMILES string of the molecule is CCc1ccc2c(c1)CCN2C(=O)C1NCc2ncncc21. The molecule has 2 aliphatic rings. The summed E-state index contributed by atoms with van der Waals surface area (Å²) in [5.41, 5.74) is 5.48. The first kappa shape index (κ1) is 13.4. The molecule has 0 saturated carbocycles. The number of hydrogen-bond donors (Lipinski definition) is 1. The molecule has 2 aromatic rings. The van der Waals surface area contributed by atoms with Crippen LogP contribution < -0.4 is 10.2 Å². The van der Waals surface area contributed by atoms with Gasteiger partial charge in [-0.05, 0) is 30.0 Å². The minimum atomic E-state index is -0.326. The highest BCUT2D eigenvalue weighted by Crippen LogP contribution is 2.33. The van der Waals surface area contributed by atoms with Gasteiger partial charge in [-0.25, -0.2) is 9.97 Å². The van der Waals surface area contributed by atoms with Crippen molar-refractivity contribution in [2.75, 3.05) is 11.4 Å². The molecule has 2 aliphatic heterocycles. The van der Waals surface area contributed by atoms with Gasteiger partial charge in [0.2, 0.25) is 5.91 Å². The quantitative estimate of drug-likeness (QED) is 0.917. The molecular formula is C17H18N4O. The molecule has 0 bridgehead atoms. The molecule has 112 valence electrons. The largest absolute Gasteiger partial charge is 0.310 e. The van der Waals surface area contributed by atoms with Crippen molar-refractivity contribution in [3.05, 3.63) is 53.1 Å². The maximum absolute atomic E-state index is 12.9. The second-order valence-electron chi connectivity index (χ2n) is 5.80. The summed E-state index contributed by atoms with van der Waals surface area (Å²) >= 11 is 0. The van der Waals surface area contributed by atoms with Crippen LogP contribution in [-0.4, -0.2) is 22.4 Å². The van der Waals surface area contributed by atoms with Gasteiger partial charge in [0.15, 0.2) is 0 Å². The summed E-state index contributed by atoms with van der Waals surface area (Å²) in [7, 11) is 0. The van der Waals surface area contributed by atoms with Gasteiger partial charge in [0.1, 0.15) is 12.4 Å². The van der Waals surface area contributed by atoms with E-state index >= 15 is 0 Å². The monoisotopic (exact) mass is 294 g/mol. The summed E-state index contributed by atoms with van der Waals surface area (Å²) in [5, 5.41) is 3.26. The van der Waals surface area contributed by atoms with Crippen molar-refractivity contribution in [1.29, 1.82) is 0 Å². The van der Waals surface area contributed by atoms with Crippen LogP contribution in [0.15, 0.2) is 30.7 Å². The summed E-state index contributed by atoms with van der Waals surface area (Å²) in [6, 6.07) is 6.09. The van der Waals surface area contributed by atoms with Gasteiger partial charge in [0, 0.05) is 30.5 Å². The maximum atomic E-state index is 12.9. The Morgan fingerprint density at radius 1 is 1.45 bits per heavy atom. The number of anilines is 1. The van der Waals surface area contributed by atoms with E-state index in [4.69, 9.17) is 0 Å². The summed E-state index contributed by atoms with van der Waals surface area (Å²) in [6.45, 7) is 3.53. The topological polar surface area (TPSA) is 58.1 Å².